The van der Waals surface area contributed by atoms with Gasteiger partial charge in [-0.2, -0.15) is 0 Å². The topological polar surface area (TPSA) is 135 Å². The van der Waals surface area contributed by atoms with E-state index in [9.17, 15) is 19.7 Å². The van der Waals surface area contributed by atoms with Crippen molar-refractivity contribution in [2.24, 2.45) is 0 Å². The molecule has 0 atom stereocenters. The van der Waals surface area contributed by atoms with Gasteiger partial charge in [-0.1, -0.05) is 6.07 Å². The Hall–Kier alpha value is -4.02. The van der Waals surface area contributed by atoms with Crippen LogP contribution in [0.2, 0.25) is 0 Å². The summed E-state index contributed by atoms with van der Waals surface area (Å²) in [6, 6.07) is 7.46. The first-order valence-corrected chi connectivity index (χ1v) is 9.65. The number of nitrogens with zero attached hydrogens (tertiary/aromatic N) is 1. The van der Waals surface area contributed by atoms with Gasteiger partial charge in [0.15, 0.2) is 29.6 Å². The summed E-state index contributed by atoms with van der Waals surface area (Å²) in [5.41, 5.74) is 0.158. The Morgan fingerprint density at radius 2 is 1.75 bits per heavy atom. The first-order valence-electron chi connectivity index (χ1n) is 9.65. The molecule has 170 valence electrons. The van der Waals surface area contributed by atoms with Crippen molar-refractivity contribution in [3.63, 3.8) is 0 Å². The predicted molar refractivity (Wildman–Crippen MR) is 112 cm³/mol. The number of nitro groups is 1. The molecule has 32 heavy (non-hydrogen) atoms. The summed E-state index contributed by atoms with van der Waals surface area (Å²) in [5.74, 6) is 0.101. The van der Waals surface area contributed by atoms with Gasteiger partial charge in [0.25, 0.3) is 11.6 Å². The minimum Gasteiger partial charge on any atom is -0.493 e. The van der Waals surface area contributed by atoms with E-state index in [-0.39, 0.29) is 29.3 Å². The van der Waals surface area contributed by atoms with Crippen molar-refractivity contribution in [1.82, 2.24) is 0 Å². The van der Waals surface area contributed by atoms with Crippen molar-refractivity contribution < 1.29 is 38.2 Å². The van der Waals surface area contributed by atoms with E-state index in [1.54, 1.807) is 18.2 Å². The smallest absolute Gasteiger partial charge is 0.310 e. The SMILES string of the molecule is COc1ccc(CC(=O)OCC(=O)Nc2cc3c(cc2[N+](=O)[O-])OCCCO3)cc1OC. The van der Waals surface area contributed by atoms with Gasteiger partial charge in [0.05, 0.1) is 44.8 Å². The van der Waals surface area contributed by atoms with Crippen molar-refractivity contribution >= 4 is 23.3 Å². The monoisotopic (exact) mass is 446 g/mol. The molecule has 0 spiro atoms. The van der Waals surface area contributed by atoms with E-state index >= 15 is 0 Å². The number of nitrogens with one attached hydrogen (secondary N) is 1. The standard InChI is InChI=1S/C21H22N2O9/c1-28-16-5-4-13(8-17(16)29-2)9-21(25)32-12-20(24)22-14-10-18-19(11-15(14)23(26)27)31-7-3-6-30-18/h4-5,8,10-11H,3,6-7,9,12H2,1-2H3,(H,22,24). The fourth-order valence-corrected chi connectivity index (χ4v) is 2.99. The number of hydrogen-bond acceptors (Lipinski definition) is 9. The average Bonchev–Trinajstić information content (AvgIpc) is 3.01. The van der Waals surface area contributed by atoms with Gasteiger partial charge in [0.2, 0.25) is 0 Å². The van der Waals surface area contributed by atoms with Crippen LogP contribution in [-0.2, 0) is 20.7 Å². The molecule has 0 radical (unpaired) electrons. The number of rotatable bonds is 8. The maximum absolute atomic E-state index is 12.2. The molecule has 0 saturated heterocycles. The molecule has 0 bridgehead atoms. The van der Waals surface area contributed by atoms with Gasteiger partial charge in [0, 0.05) is 12.5 Å². The zero-order chi connectivity index (χ0) is 23.1. The van der Waals surface area contributed by atoms with E-state index in [2.05, 4.69) is 5.32 Å². The van der Waals surface area contributed by atoms with E-state index in [1.165, 1.54) is 26.4 Å². The number of carbonyl (C=O) groups is 2. The number of amides is 1. The fourth-order valence-electron chi connectivity index (χ4n) is 2.99. The molecule has 2 aromatic rings. The van der Waals surface area contributed by atoms with Gasteiger partial charge >= 0.3 is 5.97 Å². The maximum atomic E-state index is 12.2. The average molecular weight is 446 g/mol. The van der Waals surface area contributed by atoms with Crippen LogP contribution in [-0.4, -0.2) is 50.8 Å². The molecule has 11 nitrogen and oxygen atoms in total. The third-order valence-electron chi connectivity index (χ3n) is 4.50. The summed E-state index contributed by atoms with van der Waals surface area (Å²) in [7, 11) is 2.97. The molecular formula is C21H22N2O9. The van der Waals surface area contributed by atoms with Gasteiger partial charge in [-0.15, -0.1) is 0 Å². The lowest BCUT2D eigenvalue weighted by Crippen LogP contribution is -2.22. The molecule has 0 aromatic heterocycles. The van der Waals surface area contributed by atoms with Crippen LogP contribution in [0.4, 0.5) is 11.4 Å². The lowest BCUT2D eigenvalue weighted by atomic mass is 10.1. The number of nitro benzene ring substituents is 1. The molecule has 0 aliphatic carbocycles. The van der Waals surface area contributed by atoms with Crippen molar-refractivity contribution in [1.29, 1.82) is 0 Å². The van der Waals surface area contributed by atoms with Gasteiger partial charge in [0.1, 0.15) is 5.69 Å². The summed E-state index contributed by atoms with van der Waals surface area (Å²) >= 11 is 0. The number of benzene rings is 2. The van der Waals surface area contributed by atoms with Gasteiger partial charge in [-0.05, 0) is 17.7 Å². The highest BCUT2D eigenvalue weighted by Crippen LogP contribution is 2.39. The lowest BCUT2D eigenvalue weighted by molar-refractivity contribution is -0.384. The van der Waals surface area contributed by atoms with Gasteiger partial charge < -0.3 is 29.0 Å². The first-order chi connectivity index (χ1) is 15.4. The molecule has 1 heterocycles. The normalized spacial score (nSPS) is 12.3. The Balaban J connectivity index is 1.61. The van der Waals surface area contributed by atoms with Gasteiger partial charge in [-0.25, -0.2) is 0 Å². The molecule has 3 rings (SSSR count). The zero-order valence-corrected chi connectivity index (χ0v) is 17.5. The number of carbonyl (C=O) groups excluding carboxylic acids is 2. The summed E-state index contributed by atoms with van der Waals surface area (Å²) in [6.07, 6.45) is 0.526. The highest BCUT2D eigenvalue weighted by molar-refractivity contribution is 5.95. The number of esters is 1. The molecular weight excluding hydrogens is 424 g/mol. The summed E-state index contributed by atoms with van der Waals surface area (Å²) in [4.78, 5) is 35.1. The molecule has 0 unspecified atom stereocenters. The van der Waals surface area contributed by atoms with Crippen LogP contribution >= 0.6 is 0 Å². The van der Waals surface area contributed by atoms with Crippen LogP contribution in [0.5, 0.6) is 23.0 Å². The predicted octanol–water partition coefficient (Wildman–Crippen LogP) is 2.50. The van der Waals surface area contributed by atoms with Crippen molar-refractivity contribution in [2.75, 3.05) is 39.4 Å². The lowest BCUT2D eigenvalue weighted by Gasteiger charge is -2.12. The molecule has 0 fully saturated rings. The van der Waals surface area contributed by atoms with Crippen LogP contribution in [0.1, 0.15) is 12.0 Å². The van der Waals surface area contributed by atoms with Crippen LogP contribution < -0.4 is 24.3 Å². The van der Waals surface area contributed by atoms with Gasteiger partial charge in [-0.3, -0.25) is 19.7 Å². The molecule has 1 aliphatic rings. The third-order valence-corrected chi connectivity index (χ3v) is 4.50. The number of ether oxygens (including phenoxy) is 5. The van der Waals surface area contributed by atoms with E-state index in [0.29, 0.717) is 36.7 Å². The summed E-state index contributed by atoms with van der Waals surface area (Å²) in [5, 5.41) is 13.8. The second kappa shape index (κ2) is 10.3. The number of fused-ring (bicyclic) bond motifs is 1. The van der Waals surface area contributed by atoms with E-state index in [1.807, 2.05) is 0 Å². The van der Waals surface area contributed by atoms with Crippen molar-refractivity contribution in [2.45, 2.75) is 12.8 Å². The van der Waals surface area contributed by atoms with E-state index < -0.39 is 23.4 Å². The minimum absolute atomic E-state index is 0.0832. The maximum Gasteiger partial charge on any atom is 0.310 e. The van der Waals surface area contributed by atoms with Crippen LogP contribution in [0.15, 0.2) is 30.3 Å². The second-order valence-electron chi connectivity index (χ2n) is 6.70. The number of hydrogen-bond donors (Lipinski definition) is 1. The van der Waals surface area contributed by atoms with Crippen molar-refractivity contribution in [3.05, 3.63) is 46.0 Å². The molecule has 1 amide bonds. The van der Waals surface area contributed by atoms with Crippen LogP contribution in [0.3, 0.4) is 0 Å². The zero-order valence-electron chi connectivity index (χ0n) is 17.5. The van der Waals surface area contributed by atoms with E-state index in [0.717, 1.165) is 0 Å². The molecule has 0 saturated carbocycles. The Bertz CT molecular complexity index is 1020. The molecule has 2 aromatic carbocycles. The molecule has 11 heteroatoms. The Labute approximate surface area is 183 Å². The highest BCUT2D eigenvalue weighted by Gasteiger charge is 2.23. The second-order valence-corrected chi connectivity index (χ2v) is 6.70. The number of methoxy groups -OCH3 is 2. The Morgan fingerprint density at radius 1 is 1.06 bits per heavy atom. The minimum atomic E-state index is -0.733. The van der Waals surface area contributed by atoms with Crippen molar-refractivity contribution in [3.8, 4) is 23.0 Å². The highest BCUT2D eigenvalue weighted by atomic mass is 16.6. The first kappa shape index (κ1) is 22.7. The summed E-state index contributed by atoms with van der Waals surface area (Å²) in [6.45, 7) is 0.134. The number of anilines is 1. The van der Waals surface area contributed by atoms with Crippen LogP contribution in [0.25, 0.3) is 0 Å². The molecule has 1 N–H and O–H groups in total. The molecule has 1 aliphatic heterocycles. The largest absolute Gasteiger partial charge is 0.493 e. The fraction of sp³-hybridized carbons (Fsp3) is 0.333. The quantitative estimate of drug-likeness (QED) is 0.368. The third kappa shape index (κ3) is 5.56. The Kier molecular flexibility index (Phi) is 7.32. The Morgan fingerprint density at radius 3 is 2.41 bits per heavy atom. The van der Waals surface area contributed by atoms with E-state index in [4.69, 9.17) is 23.7 Å². The van der Waals surface area contributed by atoms with Crippen LogP contribution in [0, 0.1) is 10.1 Å². The summed E-state index contributed by atoms with van der Waals surface area (Å²) < 4.78 is 26.3.